The highest BCUT2D eigenvalue weighted by molar-refractivity contribution is 7.96. The zero-order chi connectivity index (χ0) is 10.7. The molecule has 1 amide bonds. The van der Waals surface area contributed by atoms with Crippen molar-refractivity contribution in [3.63, 3.8) is 0 Å². The maximum absolute atomic E-state index is 12.9. The first kappa shape index (κ1) is 10.8. The van der Waals surface area contributed by atoms with E-state index >= 15 is 0 Å². The fraction of sp³-hybridized carbons (Fsp3) is 0.222. The second-order valence-corrected chi connectivity index (χ2v) is 3.04. The molecule has 0 bridgehead atoms. The van der Waals surface area contributed by atoms with Crippen molar-refractivity contribution in [2.24, 2.45) is 0 Å². The van der Waals surface area contributed by atoms with E-state index in [1.165, 1.54) is 37.3 Å². The summed E-state index contributed by atoms with van der Waals surface area (Å²) in [6.07, 6.45) is 0. The van der Waals surface area contributed by atoms with Crippen LogP contribution in [-0.2, 0) is 0 Å². The fourth-order valence-electron chi connectivity index (χ4n) is 1.03. The number of amides is 1. The molecule has 1 rings (SSSR count). The number of ether oxygens (including phenoxy) is 1. The molecule has 0 saturated carbocycles. The van der Waals surface area contributed by atoms with Crippen molar-refractivity contribution < 1.29 is 13.9 Å². The minimum absolute atomic E-state index is 0.354. The summed E-state index contributed by atoms with van der Waals surface area (Å²) in [4.78, 5) is 12.1. The lowest BCUT2D eigenvalue weighted by atomic mass is 10.2. The molecule has 0 heterocycles. The second-order valence-electron chi connectivity index (χ2n) is 2.66. The van der Waals surface area contributed by atoms with Gasteiger partial charge in [0.25, 0.3) is 5.24 Å². The highest BCUT2D eigenvalue weighted by atomic mass is 32.1. The van der Waals surface area contributed by atoms with Gasteiger partial charge in [-0.05, 0) is 12.1 Å². The first-order valence-electron chi connectivity index (χ1n) is 3.86. The molecule has 0 atom stereocenters. The number of anilines is 1. The first-order chi connectivity index (χ1) is 6.56. The van der Waals surface area contributed by atoms with Gasteiger partial charge in [-0.25, -0.2) is 4.39 Å². The number of hydrogen-bond acceptors (Lipinski definition) is 2. The Labute approximate surface area is 86.9 Å². The van der Waals surface area contributed by atoms with E-state index in [9.17, 15) is 9.18 Å². The van der Waals surface area contributed by atoms with Crippen LogP contribution < -0.4 is 9.64 Å². The van der Waals surface area contributed by atoms with Crippen molar-refractivity contribution in [3.05, 3.63) is 24.0 Å². The summed E-state index contributed by atoms with van der Waals surface area (Å²) in [5.74, 6) is -0.00136. The van der Waals surface area contributed by atoms with E-state index < -0.39 is 11.1 Å². The SMILES string of the molecule is COc1ccc(F)cc1N(C)C(=O)S. The molecule has 1 aromatic carbocycles. The quantitative estimate of drug-likeness (QED) is 0.767. The maximum Gasteiger partial charge on any atom is 0.282 e. The fourth-order valence-corrected chi connectivity index (χ4v) is 1.14. The number of rotatable bonds is 2. The number of carbonyl (C=O) groups is 1. The van der Waals surface area contributed by atoms with Crippen LogP contribution in [0.2, 0.25) is 0 Å². The normalized spacial score (nSPS) is 9.71. The van der Waals surface area contributed by atoms with Crippen LogP contribution in [0.3, 0.4) is 0 Å². The Balaban J connectivity index is 3.16. The molecule has 0 aromatic heterocycles. The van der Waals surface area contributed by atoms with Crippen molar-refractivity contribution in [1.82, 2.24) is 0 Å². The molecule has 0 fully saturated rings. The van der Waals surface area contributed by atoms with Gasteiger partial charge in [-0.2, -0.15) is 0 Å². The van der Waals surface area contributed by atoms with Gasteiger partial charge in [0, 0.05) is 13.1 Å². The molecule has 0 N–H and O–H groups in total. The third-order valence-electron chi connectivity index (χ3n) is 1.79. The van der Waals surface area contributed by atoms with E-state index in [-0.39, 0.29) is 0 Å². The summed E-state index contributed by atoms with van der Waals surface area (Å²) in [7, 11) is 2.94. The van der Waals surface area contributed by atoms with Crippen LogP contribution in [0.25, 0.3) is 0 Å². The molecular weight excluding hydrogens is 205 g/mol. The first-order valence-corrected chi connectivity index (χ1v) is 4.31. The van der Waals surface area contributed by atoms with Crippen LogP contribution in [-0.4, -0.2) is 19.4 Å². The third-order valence-corrected chi connectivity index (χ3v) is 2.09. The average molecular weight is 215 g/mol. The van der Waals surface area contributed by atoms with E-state index in [0.29, 0.717) is 11.4 Å². The van der Waals surface area contributed by atoms with E-state index in [1.54, 1.807) is 0 Å². The largest absolute Gasteiger partial charge is 0.495 e. The molecule has 0 saturated heterocycles. The predicted molar refractivity (Wildman–Crippen MR) is 55.7 cm³/mol. The van der Waals surface area contributed by atoms with Gasteiger partial charge < -0.3 is 9.64 Å². The third kappa shape index (κ3) is 2.17. The van der Waals surface area contributed by atoms with E-state index in [2.05, 4.69) is 12.6 Å². The molecule has 0 radical (unpaired) electrons. The molecule has 76 valence electrons. The highest BCUT2D eigenvalue weighted by Crippen LogP contribution is 2.28. The van der Waals surface area contributed by atoms with Crippen molar-refractivity contribution >= 4 is 23.6 Å². The average Bonchev–Trinajstić information content (AvgIpc) is 2.16. The summed E-state index contributed by atoms with van der Waals surface area (Å²) in [6, 6.07) is 3.93. The van der Waals surface area contributed by atoms with Gasteiger partial charge in [-0.3, -0.25) is 4.79 Å². The van der Waals surface area contributed by atoms with Crippen molar-refractivity contribution in [2.75, 3.05) is 19.1 Å². The summed E-state index contributed by atoms with van der Waals surface area (Å²) in [6.45, 7) is 0. The summed E-state index contributed by atoms with van der Waals surface area (Å²) in [5.41, 5.74) is 0.354. The Morgan fingerprint density at radius 3 is 2.71 bits per heavy atom. The predicted octanol–water partition coefficient (Wildman–Crippen LogP) is 2.32. The molecule has 0 aliphatic heterocycles. The van der Waals surface area contributed by atoms with Gasteiger partial charge in [-0.1, -0.05) is 12.6 Å². The van der Waals surface area contributed by atoms with Crippen LogP contribution in [0.1, 0.15) is 0 Å². The van der Waals surface area contributed by atoms with Crippen molar-refractivity contribution in [1.29, 1.82) is 0 Å². The van der Waals surface area contributed by atoms with Gasteiger partial charge in [0.15, 0.2) is 0 Å². The minimum Gasteiger partial charge on any atom is -0.495 e. The molecule has 3 nitrogen and oxygen atoms in total. The molecule has 0 aliphatic rings. The molecule has 0 aliphatic carbocycles. The number of carbonyl (C=O) groups excluding carboxylic acids is 1. The van der Waals surface area contributed by atoms with Gasteiger partial charge >= 0.3 is 0 Å². The van der Waals surface area contributed by atoms with E-state index in [1.807, 2.05) is 0 Å². The van der Waals surface area contributed by atoms with Crippen LogP contribution in [0.15, 0.2) is 18.2 Å². The number of benzene rings is 1. The van der Waals surface area contributed by atoms with Gasteiger partial charge in [0.1, 0.15) is 11.6 Å². The number of thiol groups is 1. The molecular formula is C9H10FNO2S. The van der Waals surface area contributed by atoms with Crippen LogP contribution in [0.4, 0.5) is 14.9 Å². The number of hydrogen-bond donors (Lipinski definition) is 1. The monoisotopic (exact) mass is 215 g/mol. The van der Waals surface area contributed by atoms with Crippen LogP contribution in [0, 0.1) is 5.82 Å². The Morgan fingerprint density at radius 1 is 1.57 bits per heavy atom. The molecule has 1 aromatic rings. The standard InChI is InChI=1S/C9H10FNO2S/c1-11(9(12)14)7-5-6(10)3-4-8(7)13-2/h3-5H,1-2H3,(H,12,14). The van der Waals surface area contributed by atoms with Crippen LogP contribution >= 0.6 is 12.6 Å². The maximum atomic E-state index is 12.9. The van der Waals surface area contributed by atoms with Crippen molar-refractivity contribution in [2.45, 2.75) is 0 Å². The Hall–Kier alpha value is -1.23. The summed E-state index contributed by atoms with van der Waals surface area (Å²) < 4.78 is 17.9. The topological polar surface area (TPSA) is 29.5 Å². The molecule has 14 heavy (non-hydrogen) atoms. The Morgan fingerprint density at radius 2 is 2.21 bits per heavy atom. The lowest BCUT2D eigenvalue weighted by Gasteiger charge is -2.17. The van der Waals surface area contributed by atoms with Crippen LogP contribution in [0.5, 0.6) is 5.75 Å². The highest BCUT2D eigenvalue weighted by Gasteiger charge is 2.12. The van der Waals surface area contributed by atoms with Crippen molar-refractivity contribution in [3.8, 4) is 5.75 Å². The lowest BCUT2D eigenvalue weighted by Crippen LogP contribution is -2.20. The van der Waals surface area contributed by atoms with E-state index in [0.717, 1.165) is 0 Å². The molecule has 0 spiro atoms. The van der Waals surface area contributed by atoms with Gasteiger partial charge in [0.05, 0.1) is 12.8 Å². The second kappa shape index (κ2) is 4.32. The van der Waals surface area contributed by atoms with Gasteiger partial charge in [0.2, 0.25) is 0 Å². The van der Waals surface area contributed by atoms with Gasteiger partial charge in [-0.15, -0.1) is 0 Å². The Kier molecular flexibility index (Phi) is 3.35. The smallest absolute Gasteiger partial charge is 0.282 e. The van der Waals surface area contributed by atoms with E-state index in [4.69, 9.17) is 4.74 Å². The lowest BCUT2D eigenvalue weighted by molar-refractivity contribution is 0.266. The zero-order valence-corrected chi connectivity index (χ0v) is 8.72. The number of nitrogens with zero attached hydrogens (tertiary/aromatic N) is 1. The minimum atomic E-state index is -0.478. The number of methoxy groups -OCH3 is 1. The molecule has 5 heteroatoms. The summed E-state index contributed by atoms with van der Waals surface area (Å²) in [5, 5.41) is -0.478. The zero-order valence-electron chi connectivity index (χ0n) is 7.82. The molecule has 0 unspecified atom stereocenters. The summed E-state index contributed by atoms with van der Waals surface area (Å²) >= 11 is 3.63. The number of halogens is 1. The Bertz CT molecular complexity index is 357.